The Hall–Kier alpha value is -0.290. The quantitative estimate of drug-likeness (QED) is 0.735. The van der Waals surface area contributed by atoms with E-state index in [0.29, 0.717) is 12.8 Å². The lowest BCUT2D eigenvalue weighted by Gasteiger charge is -2.34. The van der Waals surface area contributed by atoms with Crippen molar-refractivity contribution < 1.29 is 18.4 Å². The molecule has 0 N–H and O–H groups in total. The van der Waals surface area contributed by atoms with Crippen molar-refractivity contribution in [2.75, 3.05) is 0 Å². The predicted molar refractivity (Wildman–Crippen MR) is 54.1 cm³/mol. The first-order chi connectivity index (χ1) is 7.07. The molecule has 1 fully saturated rings. The van der Waals surface area contributed by atoms with Crippen LogP contribution in [0.5, 0.6) is 0 Å². The van der Waals surface area contributed by atoms with Gasteiger partial charge in [-0.15, -0.1) is 10.3 Å². The summed E-state index contributed by atoms with van der Waals surface area (Å²) in [6.07, 6.45) is -3.12. The van der Waals surface area contributed by atoms with Gasteiger partial charge in [-0.3, -0.25) is 0 Å². The second-order valence-corrected chi connectivity index (χ2v) is 5.57. The molecule has 1 unspecified atom stereocenters. The van der Waals surface area contributed by atoms with Crippen LogP contribution in [0.4, 0.5) is 13.2 Å². The first kappa shape index (κ1) is 13.8. The zero-order valence-corrected chi connectivity index (χ0v) is 10.0. The highest BCUT2D eigenvalue weighted by Gasteiger charge is 2.48. The maximum atomic E-state index is 12.0. The number of nitrogens with zero attached hydrogens (tertiary/aromatic N) is 1. The molecular formula is C11H19F3NO. The fraction of sp³-hybridized carbons (Fsp3) is 1.00. The largest absolute Gasteiger partial charge is 0.389 e. The zero-order chi connectivity index (χ0) is 12.6. The van der Waals surface area contributed by atoms with Gasteiger partial charge in [0.05, 0.1) is 0 Å². The van der Waals surface area contributed by atoms with Crippen LogP contribution in [0.1, 0.15) is 52.9 Å². The van der Waals surface area contributed by atoms with Crippen molar-refractivity contribution in [1.29, 1.82) is 0 Å². The van der Waals surface area contributed by atoms with Crippen molar-refractivity contribution >= 4 is 0 Å². The zero-order valence-electron chi connectivity index (χ0n) is 10.0. The Kier molecular flexibility index (Phi) is 3.60. The van der Waals surface area contributed by atoms with E-state index in [4.69, 9.17) is 0 Å². The number of rotatable bonds is 3. The predicted octanol–water partition coefficient (Wildman–Crippen LogP) is 3.70. The highest BCUT2D eigenvalue weighted by Crippen LogP contribution is 2.42. The Morgan fingerprint density at radius 3 is 2.12 bits per heavy atom. The average molecular weight is 238 g/mol. The van der Waals surface area contributed by atoms with E-state index in [2.05, 4.69) is 0 Å². The fourth-order valence-corrected chi connectivity index (χ4v) is 2.41. The molecule has 0 aromatic heterocycles. The van der Waals surface area contributed by atoms with E-state index in [1.165, 1.54) is 0 Å². The Morgan fingerprint density at radius 2 is 1.75 bits per heavy atom. The Balaban J connectivity index is 2.48. The maximum absolute atomic E-state index is 12.0. The average Bonchev–Trinajstić information content (AvgIpc) is 2.29. The summed E-state index contributed by atoms with van der Waals surface area (Å²) in [5, 5.41) is 12.9. The third-order valence-electron chi connectivity index (χ3n) is 3.49. The lowest BCUT2D eigenvalue weighted by molar-refractivity contribution is -0.251. The van der Waals surface area contributed by atoms with Gasteiger partial charge in [0.25, 0.3) is 0 Å². The van der Waals surface area contributed by atoms with Crippen LogP contribution in [-0.4, -0.2) is 22.3 Å². The molecule has 1 atom stereocenters. The van der Waals surface area contributed by atoms with Crippen molar-refractivity contribution in [3.8, 4) is 0 Å². The summed E-state index contributed by atoms with van der Waals surface area (Å²) in [7, 11) is 0. The van der Waals surface area contributed by atoms with Crippen molar-refractivity contribution in [3.05, 3.63) is 0 Å². The van der Waals surface area contributed by atoms with Crippen LogP contribution in [0.25, 0.3) is 0 Å². The van der Waals surface area contributed by atoms with Gasteiger partial charge in [0.15, 0.2) is 0 Å². The third kappa shape index (κ3) is 3.10. The molecule has 5 heteroatoms. The topological polar surface area (TPSA) is 23.1 Å². The van der Waals surface area contributed by atoms with E-state index in [1.807, 2.05) is 13.8 Å². The summed E-state index contributed by atoms with van der Waals surface area (Å²) in [5.74, 6) is 0. The number of alkyl halides is 3. The third-order valence-corrected chi connectivity index (χ3v) is 3.49. The molecular weight excluding hydrogens is 219 g/mol. The van der Waals surface area contributed by atoms with E-state index >= 15 is 0 Å². The molecule has 1 saturated heterocycles. The number of hydroxylamine groups is 2. The summed E-state index contributed by atoms with van der Waals surface area (Å²) in [4.78, 5) is 0. The van der Waals surface area contributed by atoms with Gasteiger partial charge < -0.3 is 0 Å². The lowest BCUT2D eigenvalue weighted by atomic mass is 9.93. The molecule has 1 rings (SSSR count). The Bertz CT molecular complexity index is 252. The molecule has 1 heterocycles. The number of hydrogen-bond acceptors (Lipinski definition) is 1. The van der Waals surface area contributed by atoms with Crippen LogP contribution < -0.4 is 0 Å². The minimum atomic E-state index is -4.11. The van der Waals surface area contributed by atoms with Crippen LogP contribution in [0.15, 0.2) is 0 Å². The van der Waals surface area contributed by atoms with Crippen molar-refractivity contribution in [2.45, 2.75) is 70.1 Å². The van der Waals surface area contributed by atoms with Gasteiger partial charge in [0.1, 0.15) is 0 Å². The summed E-state index contributed by atoms with van der Waals surface area (Å²) in [5.41, 5.74) is -1.05. The Morgan fingerprint density at radius 1 is 1.19 bits per heavy atom. The van der Waals surface area contributed by atoms with Gasteiger partial charge in [0.2, 0.25) is 0 Å². The van der Waals surface area contributed by atoms with E-state index in [1.54, 1.807) is 6.92 Å². The van der Waals surface area contributed by atoms with Gasteiger partial charge in [-0.1, -0.05) is 0 Å². The van der Waals surface area contributed by atoms with Crippen LogP contribution in [0, 0.1) is 0 Å². The standard InChI is InChI=1S/C11H19F3NO/c1-9(2)7-8-10(3,15(9)16)5-4-6-11(12,13)14/h4-8H2,1-3H3. The molecule has 0 bridgehead atoms. The normalized spacial score (nSPS) is 30.9. The van der Waals surface area contributed by atoms with Gasteiger partial charge in [0, 0.05) is 17.5 Å². The van der Waals surface area contributed by atoms with E-state index < -0.39 is 23.7 Å². The molecule has 95 valence electrons. The number of halogens is 3. The first-order valence-electron chi connectivity index (χ1n) is 5.61. The molecule has 0 spiro atoms. The monoisotopic (exact) mass is 238 g/mol. The van der Waals surface area contributed by atoms with E-state index in [-0.39, 0.29) is 6.42 Å². The molecule has 1 aliphatic rings. The molecule has 0 aromatic rings. The van der Waals surface area contributed by atoms with Gasteiger partial charge in [-0.05, 0) is 46.5 Å². The van der Waals surface area contributed by atoms with E-state index in [0.717, 1.165) is 11.5 Å². The van der Waals surface area contributed by atoms with Crippen LogP contribution >= 0.6 is 0 Å². The van der Waals surface area contributed by atoms with Crippen molar-refractivity contribution in [1.82, 2.24) is 5.06 Å². The molecule has 1 aliphatic heterocycles. The highest BCUT2D eigenvalue weighted by molar-refractivity contribution is 4.98. The first-order valence-corrected chi connectivity index (χ1v) is 5.61. The van der Waals surface area contributed by atoms with Crippen molar-refractivity contribution in [3.63, 3.8) is 0 Å². The molecule has 0 aliphatic carbocycles. The maximum Gasteiger partial charge on any atom is 0.389 e. The molecule has 1 radical (unpaired) electrons. The molecule has 0 aromatic carbocycles. The molecule has 16 heavy (non-hydrogen) atoms. The lowest BCUT2D eigenvalue weighted by Crippen LogP contribution is -2.46. The summed E-state index contributed by atoms with van der Waals surface area (Å²) in [6, 6.07) is 0. The van der Waals surface area contributed by atoms with Crippen LogP contribution in [-0.2, 0) is 5.21 Å². The molecule has 0 saturated carbocycles. The van der Waals surface area contributed by atoms with Gasteiger partial charge >= 0.3 is 6.18 Å². The SMILES string of the molecule is CC1(C)CCC(C)(CCCC(F)(F)F)N1[O]. The van der Waals surface area contributed by atoms with Crippen LogP contribution in [0.2, 0.25) is 0 Å². The minimum absolute atomic E-state index is 0.0365. The van der Waals surface area contributed by atoms with Crippen LogP contribution in [0.3, 0.4) is 0 Å². The second-order valence-electron chi connectivity index (χ2n) is 5.57. The van der Waals surface area contributed by atoms with Gasteiger partial charge in [-0.25, -0.2) is 0 Å². The summed E-state index contributed by atoms with van der Waals surface area (Å²) >= 11 is 0. The summed E-state index contributed by atoms with van der Waals surface area (Å²) < 4.78 is 36.0. The molecule has 0 amide bonds. The highest BCUT2D eigenvalue weighted by atomic mass is 19.4. The summed E-state index contributed by atoms with van der Waals surface area (Å²) in [6.45, 7) is 5.45. The van der Waals surface area contributed by atoms with Crippen molar-refractivity contribution in [2.24, 2.45) is 0 Å². The minimum Gasteiger partial charge on any atom is -0.171 e. The Labute approximate surface area is 94.4 Å². The fourth-order valence-electron chi connectivity index (χ4n) is 2.41. The molecule has 2 nitrogen and oxygen atoms in total. The number of hydrogen-bond donors (Lipinski definition) is 0. The second kappa shape index (κ2) is 4.18. The smallest absolute Gasteiger partial charge is 0.171 e. The van der Waals surface area contributed by atoms with Gasteiger partial charge in [-0.2, -0.15) is 13.2 Å². The van der Waals surface area contributed by atoms with E-state index in [9.17, 15) is 18.4 Å².